The molecule has 0 saturated heterocycles. The van der Waals surface area contributed by atoms with E-state index in [4.69, 9.17) is 4.74 Å². The van der Waals surface area contributed by atoms with E-state index in [0.717, 1.165) is 18.0 Å². The van der Waals surface area contributed by atoms with Crippen molar-refractivity contribution in [2.24, 2.45) is 0 Å². The normalized spacial score (nSPS) is 10.3. The van der Waals surface area contributed by atoms with Gasteiger partial charge in [-0.3, -0.25) is 0 Å². The minimum Gasteiger partial charge on any atom is -0.489 e. The average Bonchev–Trinajstić information content (AvgIpc) is 2.62. The Morgan fingerprint density at radius 2 is 1.39 bits per heavy atom. The van der Waals surface area contributed by atoms with Crippen LogP contribution in [0.4, 0.5) is 5.69 Å². The Morgan fingerprint density at radius 3 is 2.17 bits per heavy atom. The van der Waals surface area contributed by atoms with Crippen molar-refractivity contribution in [1.29, 1.82) is 0 Å². The van der Waals surface area contributed by atoms with Crippen LogP contribution in [0.5, 0.6) is 5.75 Å². The third kappa shape index (κ3) is 4.87. The Labute approximate surface area is 136 Å². The molecule has 0 atom stereocenters. The van der Waals surface area contributed by atoms with Gasteiger partial charge in [-0.05, 0) is 35.4 Å². The molecule has 116 valence electrons. The molecule has 2 N–H and O–H groups in total. The minimum atomic E-state index is 0.583. The molecule has 0 radical (unpaired) electrons. The highest BCUT2D eigenvalue weighted by molar-refractivity contribution is 5.41. The predicted octanol–water partition coefficient (Wildman–Crippen LogP) is 4.38. The van der Waals surface area contributed by atoms with Crippen LogP contribution < -0.4 is 15.6 Å². The van der Waals surface area contributed by atoms with Crippen LogP contribution in [0.15, 0.2) is 84.9 Å². The van der Waals surface area contributed by atoms with E-state index in [9.17, 15) is 0 Å². The second kappa shape index (κ2) is 8.01. The van der Waals surface area contributed by atoms with Gasteiger partial charge in [-0.2, -0.15) is 0 Å². The number of nitrogens with one attached hydrogen (secondary N) is 2. The highest BCUT2D eigenvalue weighted by Gasteiger charge is 1.98. The molecule has 0 saturated carbocycles. The van der Waals surface area contributed by atoms with E-state index in [1.807, 2.05) is 60.7 Å². The molecule has 3 aromatic rings. The van der Waals surface area contributed by atoms with Gasteiger partial charge in [0.25, 0.3) is 0 Å². The molecular formula is C20H20N2O. The molecule has 3 aromatic carbocycles. The van der Waals surface area contributed by atoms with E-state index in [1.165, 1.54) is 11.1 Å². The molecular weight excluding hydrogens is 284 g/mol. The summed E-state index contributed by atoms with van der Waals surface area (Å²) in [6.45, 7) is 1.30. The average molecular weight is 304 g/mol. The van der Waals surface area contributed by atoms with E-state index < -0.39 is 0 Å². The van der Waals surface area contributed by atoms with E-state index in [0.29, 0.717) is 6.61 Å². The van der Waals surface area contributed by atoms with Crippen molar-refractivity contribution in [2.45, 2.75) is 13.2 Å². The summed E-state index contributed by atoms with van der Waals surface area (Å²) in [6, 6.07) is 28.4. The van der Waals surface area contributed by atoms with Crippen molar-refractivity contribution in [3.05, 3.63) is 96.1 Å². The summed E-state index contributed by atoms with van der Waals surface area (Å²) < 4.78 is 5.85. The molecule has 3 nitrogen and oxygen atoms in total. The minimum absolute atomic E-state index is 0.583. The standard InChI is InChI=1S/C20H20N2O/c1-3-8-17(9-4-1)16-23-20-13-7-10-18(14-20)15-21-22-19-11-5-2-6-12-19/h1-14,21-22H,15-16H2. The second-order valence-corrected chi connectivity index (χ2v) is 5.27. The number of hydrazine groups is 1. The molecule has 0 fully saturated rings. The van der Waals surface area contributed by atoms with Crippen molar-refractivity contribution < 1.29 is 4.74 Å². The quantitative estimate of drug-likeness (QED) is 0.635. The van der Waals surface area contributed by atoms with Crippen molar-refractivity contribution in [3.63, 3.8) is 0 Å². The molecule has 3 heteroatoms. The van der Waals surface area contributed by atoms with Gasteiger partial charge in [-0.25, -0.2) is 5.43 Å². The lowest BCUT2D eigenvalue weighted by Crippen LogP contribution is -2.20. The molecule has 0 amide bonds. The highest BCUT2D eigenvalue weighted by Crippen LogP contribution is 2.15. The fourth-order valence-electron chi connectivity index (χ4n) is 2.26. The second-order valence-electron chi connectivity index (χ2n) is 5.27. The number of para-hydroxylation sites is 1. The van der Waals surface area contributed by atoms with Crippen LogP contribution in [-0.4, -0.2) is 0 Å². The van der Waals surface area contributed by atoms with Crippen LogP contribution >= 0.6 is 0 Å². The third-order valence-electron chi connectivity index (χ3n) is 3.45. The first-order chi connectivity index (χ1) is 11.4. The van der Waals surface area contributed by atoms with Gasteiger partial charge >= 0.3 is 0 Å². The molecule has 23 heavy (non-hydrogen) atoms. The molecule has 0 unspecified atom stereocenters. The molecule has 0 heterocycles. The predicted molar refractivity (Wildman–Crippen MR) is 94.1 cm³/mol. The number of ether oxygens (including phenoxy) is 1. The van der Waals surface area contributed by atoms with Crippen molar-refractivity contribution in [2.75, 3.05) is 5.43 Å². The first-order valence-corrected chi connectivity index (χ1v) is 7.70. The molecule has 0 aliphatic heterocycles. The van der Waals surface area contributed by atoms with Crippen LogP contribution in [-0.2, 0) is 13.2 Å². The Kier molecular flexibility index (Phi) is 5.27. The maximum atomic E-state index is 5.85. The zero-order valence-electron chi connectivity index (χ0n) is 12.9. The molecule has 0 aromatic heterocycles. The zero-order chi connectivity index (χ0) is 15.7. The number of hydrogen-bond acceptors (Lipinski definition) is 3. The van der Waals surface area contributed by atoms with Gasteiger partial charge in [0.2, 0.25) is 0 Å². The van der Waals surface area contributed by atoms with Gasteiger partial charge in [0, 0.05) is 12.2 Å². The van der Waals surface area contributed by atoms with Gasteiger partial charge < -0.3 is 10.2 Å². The summed E-state index contributed by atoms with van der Waals surface area (Å²) in [7, 11) is 0. The zero-order valence-corrected chi connectivity index (χ0v) is 12.9. The van der Waals surface area contributed by atoms with Crippen LogP contribution in [0.25, 0.3) is 0 Å². The van der Waals surface area contributed by atoms with Gasteiger partial charge in [-0.1, -0.05) is 60.7 Å². The third-order valence-corrected chi connectivity index (χ3v) is 3.45. The monoisotopic (exact) mass is 304 g/mol. The number of anilines is 1. The van der Waals surface area contributed by atoms with E-state index in [1.54, 1.807) is 0 Å². The van der Waals surface area contributed by atoms with Crippen molar-refractivity contribution in [3.8, 4) is 5.75 Å². The Balaban J connectivity index is 1.51. The van der Waals surface area contributed by atoms with E-state index >= 15 is 0 Å². The summed E-state index contributed by atoms with van der Waals surface area (Å²) in [4.78, 5) is 0. The lowest BCUT2D eigenvalue weighted by Gasteiger charge is -2.10. The Morgan fingerprint density at radius 1 is 0.696 bits per heavy atom. The van der Waals surface area contributed by atoms with Gasteiger partial charge in [0.15, 0.2) is 0 Å². The van der Waals surface area contributed by atoms with E-state index in [2.05, 4.69) is 35.1 Å². The van der Waals surface area contributed by atoms with Gasteiger partial charge in [0.1, 0.15) is 12.4 Å². The van der Waals surface area contributed by atoms with Crippen molar-refractivity contribution in [1.82, 2.24) is 5.43 Å². The highest BCUT2D eigenvalue weighted by atomic mass is 16.5. The maximum absolute atomic E-state index is 5.85. The van der Waals surface area contributed by atoms with Crippen LogP contribution in [0.2, 0.25) is 0 Å². The maximum Gasteiger partial charge on any atom is 0.120 e. The van der Waals surface area contributed by atoms with Gasteiger partial charge in [-0.15, -0.1) is 0 Å². The lowest BCUT2D eigenvalue weighted by atomic mass is 10.2. The first-order valence-electron chi connectivity index (χ1n) is 7.70. The number of benzene rings is 3. The summed E-state index contributed by atoms with van der Waals surface area (Å²) in [5.74, 6) is 0.882. The summed E-state index contributed by atoms with van der Waals surface area (Å²) in [6.07, 6.45) is 0. The van der Waals surface area contributed by atoms with Gasteiger partial charge in [0.05, 0.1) is 0 Å². The lowest BCUT2D eigenvalue weighted by molar-refractivity contribution is 0.306. The molecule has 0 aliphatic carbocycles. The first kappa shape index (κ1) is 15.1. The Bertz CT molecular complexity index is 714. The summed E-state index contributed by atoms with van der Waals surface area (Å²) >= 11 is 0. The number of hydrogen-bond donors (Lipinski definition) is 2. The fraction of sp³-hybridized carbons (Fsp3) is 0.100. The van der Waals surface area contributed by atoms with Crippen LogP contribution in [0.3, 0.4) is 0 Å². The van der Waals surface area contributed by atoms with Crippen molar-refractivity contribution >= 4 is 5.69 Å². The largest absolute Gasteiger partial charge is 0.489 e. The van der Waals surface area contributed by atoms with Crippen LogP contribution in [0, 0.1) is 0 Å². The Hall–Kier alpha value is -2.78. The summed E-state index contributed by atoms with van der Waals surface area (Å²) in [5.41, 5.74) is 9.77. The smallest absolute Gasteiger partial charge is 0.120 e. The molecule has 3 rings (SSSR count). The summed E-state index contributed by atoms with van der Waals surface area (Å²) in [5, 5.41) is 0. The fourth-order valence-corrected chi connectivity index (χ4v) is 2.26. The van der Waals surface area contributed by atoms with E-state index in [-0.39, 0.29) is 0 Å². The molecule has 0 bridgehead atoms. The topological polar surface area (TPSA) is 33.3 Å². The SMILES string of the molecule is c1ccc(COc2cccc(CNNc3ccccc3)c2)cc1. The molecule has 0 aliphatic rings. The number of rotatable bonds is 7. The van der Waals surface area contributed by atoms with Crippen LogP contribution in [0.1, 0.15) is 11.1 Å². The molecule has 0 spiro atoms.